The highest BCUT2D eigenvalue weighted by atomic mass is 16.4. The molecule has 0 aromatic heterocycles. The molecular formula is C63H99N7O11. The van der Waals surface area contributed by atoms with Crippen molar-refractivity contribution in [3.63, 3.8) is 0 Å². The molecule has 15 N–H and O–H groups in total. The number of primary amides is 1. The molecule has 0 atom stereocenters. The molecule has 4 rings (SSSR count). The van der Waals surface area contributed by atoms with E-state index < -0.39 is 24.0 Å². The van der Waals surface area contributed by atoms with Gasteiger partial charge in [0.15, 0.2) is 0 Å². The van der Waals surface area contributed by atoms with Crippen LogP contribution < -0.4 is 38.5 Å². The quantitative estimate of drug-likeness (QED) is 0.0281. The van der Waals surface area contributed by atoms with Crippen molar-refractivity contribution in [1.82, 2.24) is 10.7 Å². The molecule has 81 heavy (non-hydrogen) atoms. The zero-order chi connectivity index (χ0) is 63.9. The molecule has 4 aromatic rings. The Hall–Kier alpha value is -7.05. The number of anilines is 2. The van der Waals surface area contributed by atoms with Crippen LogP contribution in [0.1, 0.15) is 222 Å². The van der Waals surface area contributed by atoms with Crippen LogP contribution in [0.5, 0.6) is 23.0 Å². The van der Waals surface area contributed by atoms with Gasteiger partial charge in [0.25, 0.3) is 0 Å². The van der Waals surface area contributed by atoms with Gasteiger partial charge < -0.3 is 41.7 Å². The first-order valence-electron chi connectivity index (χ1n) is 26.9. The summed E-state index contributed by atoms with van der Waals surface area (Å²) in [5.41, 5.74) is 13.8. The summed E-state index contributed by atoms with van der Waals surface area (Å²) in [5.74, 6) is 9.48. The predicted octanol–water partition coefficient (Wildman–Crippen LogP) is 12.0. The van der Waals surface area contributed by atoms with Crippen molar-refractivity contribution in [2.24, 2.45) is 17.4 Å². The number of carbonyl (C=O) groups is 5. The molecule has 0 heterocycles. The van der Waals surface area contributed by atoms with Gasteiger partial charge in [-0.3, -0.25) is 25.1 Å². The average Bonchev–Trinajstić information content (AvgIpc) is 3.26. The number of aromatic hydroxyl groups is 4. The number of hydrazine groups is 2. The summed E-state index contributed by atoms with van der Waals surface area (Å²) in [6, 6.07) is 14.1. The maximum atomic E-state index is 11.7. The van der Waals surface area contributed by atoms with Crippen molar-refractivity contribution >= 4 is 41.3 Å². The Balaban J connectivity index is 0.000000541. The smallest absolute Gasteiger partial charge is 0.409 e. The first kappa shape index (κ1) is 72.0. The Labute approximate surface area is 482 Å². The highest BCUT2D eigenvalue weighted by Gasteiger charge is 2.32. The lowest BCUT2D eigenvalue weighted by atomic mass is 9.78. The lowest BCUT2D eigenvalue weighted by molar-refractivity contribution is -0.135. The molecule has 0 unspecified atom stereocenters. The first-order valence-corrected chi connectivity index (χ1v) is 26.9. The zero-order valence-corrected chi connectivity index (χ0v) is 52.9. The third-order valence-corrected chi connectivity index (χ3v) is 13.0. The molecule has 0 spiro atoms. The SMILES string of the molecule is CC(C)(C)c1cc(CC(=O)NN)cc(C(C)(C)C)c1O.CC(C)(C)c1cc(CNC(=O)O)cc(C(C)(C)C)c1O.CC(C)(C)c1cc(N(N)C(=O)C(N)=O)cc(C(C)(C)C)c1O.CC(C)(C)c1cc(NC(=O)O)c(C(C)(C)C)cc1O. The van der Waals surface area contributed by atoms with Crippen molar-refractivity contribution < 1.29 is 54.6 Å². The van der Waals surface area contributed by atoms with Gasteiger partial charge in [0, 0.05) is 28.9 Å². The van der Waals surface area contributed by atoms with Gasteiger partial charge in [-0.2, -0.15) is 0 Å². The van der Waals surface area contributed by atoms with Gasteiger partial charge in [-0.15, -0.1) is 0 Å². The van der Waals surface area contributed by atoms with E-state index in [1.165, 1.54) is 0 Å². The summed E-state index contributed by atoms with van der Waals surface area (Å²) in [6.45, 7) is 48.2. The third-order valence-electron chi connectivity index (χ3n) is 13.0. The normalized spacial score (nSPS) is 12.3. The van der Waals surface area contributed by atoms with Gasteiger partial charge in [-0.25, -0.2) is 26.3 Å². The van der Waals surface area contributed by atoms with E-state index in [1.54, 1.807) is 24.3 Å². The maximum absolute atomic E-state index is 11.7. The Morgan fingerprint density at radius 1 is 0.444 bits per heavy atom. The number of nitrogens with zero attached hydrogens (tertiary/aromatic N) is 1. The number of phenolic OH excluding ortho intramolecular Hbond substituents is 4. The molecule has 452 valence electrons. The third kappa shape index (κ3) is 21.1. The van der Waals surface area contributed by atoms with Crippen LogP contribution in [0.15, 0.2) is 48.5 Å². The van der Waals surface area contributed by atoms with Crippen molar-refractivity contribution in [3.05, 3.63) is 104 Å². The summed E-state index contributed by atoms with van der Waals surface area (Å²) in [5, 5.41) is 65.0. The van der Waals surface area contributed by atoms with E-state index >= 15 is 0 Å². The lowest BCUT2D eigenvalue weighted by Gasteiger charge is -2.29. The fraction of sp³-hybridized carbons (Fsp3) is 0.540. The first-order chi connectivity index (χ1) is 36.1. The van der Waals surface area contributed by atoms with Crippen LogP contribution in [0.4, 0.5) is 21.0 Å². The lowest BCUT2D eigenvalue weighted by Crippen LogP contribution is -2.45. The number of carbonyl (C=O) groups excluding carboxylic acids is 3. The fourth-order valence-corrected chi connectivity index (χ4v) is 8.46. The molecule has 4 aromatic carbocycles. The molecule has 0 saturated heterocycles. The monoisotopic (exact) mass is 1130 g/mol. The van der Waals surface area contributed by atoms with E-state index in [-0.39, 0.29) is 73.7 Å². The van der Waals surface area contributed by atoms with E-state index in [0.717, 1.165) is 44.5 Å². The van der Waals surface area contributed by atoms with Crippen molar-refractivity contribution in [3.8, 4) is 23.0 Å². The van der Waals surface area contributed by atoms with Gasteiger partial charge >= 0.3 is 24.0 Å². The minimum atomic E-state index is -1.13. The van der Waals surface area contributed by atoms with Crippen molar-refractivity contribution in [2.75, 3.05) is 10.3 Å². The number of phenols is 4. The van der Waals surface area contributed by atoms with E-state index in [1.807, 2.05) is 190 Å². The average molecular weight is 1130 g/mol. The molecule has 18 nitrogen and oxygen atoms in total. The summed E-state index contributed by atoms with van der Waals surface area (Å²) in [7, 11) is 0. The second-order valence-electron chi connectivity index (χ2n) is 28.8. The maximum Gasteiger partial charge on any atom is 0.409 e. The largest absolute Gasteiger partial charge is 0.508 e. The van der Waals surface area contributed by atoms with Gasteiger partial charge in [-0.05, 0) is 119 Å². The van der Waals surface area contributed by atoms with Gasteiger partial charge in [0.2, 0.25) is 5.91 Å². The number of carboxylic acid groups (broad SMARTS) is 2. The summed E-state index contributed by atoms with van der Waals surface area (Å²) < 4.78 is 0. The molecule has 5 amide bonds. The number of hydrogen-bond donors (Lipinski definition) is 12. The summed E-state index contributed by atoms with van der Waals surface area (Å²) in [6.07, 6.45) is -1.94. The topological polar surface area (TPSA) is 324 Å². The predicted molar refractivity (Wildman–Crippen MR) is 325 cm³/mol. The van der Waals surface area contributed by atoms with Crippen LogP contribution in [-0.4, -0.2) is 60.5 Å². The number of benzene rings is 4. The van der Waals surface area contributed by atoms with E-state index in [4.69, 9.17) is 27.6 Å². The van der Waals surface area contributed by atoms with Crippen LogP contribution in [-0.2, 0) is 70.7 Å². The zero-order valence-electron chi connectivity index (χ0n) is 52.9. The Bertz CT molecular complexity index is 2800. The van der Waals surface area contributed by atoms with Crippen molar-refractivity contribution in [2.45, 2.75) is 222 Å². The Morgan fingerprint density at radius 3 is 1.02 bits per heavy atom. The summed E-state index contributed by atoms with van der Waals surface area (Å²) in [4.78, 5) is 55.8. The minimum Gasteiger partial charge on any atom is -0.508 e. The van der Waals surface area contributed by atoms with E-state index in [9.17, 15) is 44.4 Å². The number of nitrogens with two attached hydrogens (primary N) is 3. The number of nitrogens with one attached hydrogen (secondary N) is 3. The van der Waals surface area contributed by atoms with E-state index in [0.29, 0.717) is 39.0 Å². The highest BCUT2D eigenvalue weighted by molar-refractivity contribution is 6.39. The van der Waals surface area contributed by atoms with Crippen LogP contribution in [0.25, 0.3) is 0 Å². The molecule has 18 heteroatoms. The van der Waals surface area contributed by atoms with Crippen molar-refractivity contribution in [1.29, 1.82) is 0 Å². The fourth-order valence-electron chi connectivity index (χ4n) is 8.46. The molecule has 0 saturated carbocycles. The molecule has 0 fully saturated rings. The van der Waals surface area contributed by atoms with Gasteiger partial charge in [-0.1, -0.05) is 178 Å². The molecular weight excluding hydrogens is 1030 g/mol. The number of hydrogen-bond acceptors (Lipinski definition) is 11. The van der Waals surface area contributed by atoms with E-state index in [2.05, 4.69) is 16.1 Å². The molecule has 0 aliphatic rings. The van der Waals surface area contributed by atoms with Crippen LogP contribution in [0, 0.1) is 0 Å². The van der Waals surface area contributed by atoms with Gasteiger partial charge in [0.1, 0.15) is 23.0 Å². The summed E-state index contributed by atoms with van der Waals surface area (Å²) >= 11 is 0. The Kier molecular flexibility index (Phi) is 23.3. The van der Waals surface area contributed by atoms with Crippen LogP contribution >= 0.6 is 0 Å². The van der Waals surface area contributed by atoms with Crippen LogP contribution in [0.2, 0.25) is 0 Å². The Morgan fingerprint density at radius 2 is 0.753 bits per heavy atom. The second-order valence-corrected chi connectivity index (χ2v) is 28.8. The van der Waals surface area contributed by atoms with Crippen LogP contribution in [0.3, 0.4) is 0 Å². The number of rotatable bonds is 6. The second kappa shape index (κ2) is 26.2. The molecule has 0 aliphatic carbocycles. The molecule has 0 aliphatic heterocycles. The molecule has 0 radical (unpaired) electrons. The highest BCUT2D eigenvalue weighted by Crippen LogP contribution is 2.44. The standard InChI is InChI=1S/C16H25N3O3.C16H26N2O2.C16H25NO3.C15H23NO3/c1-15(2,3)10-7-9(19(18)14(22)13(17)21)8-11(12(10)20)16(4,5)6;1-15(2,3)11-7-10(9-13(19)18-17)8-12(14(11)20)16(4,5)6;1-15(2,3)11-7-10(9-17-14(19)20)8-12(13(11)18)16(4,5)6;1-14(2,3)9-8-12(17)10(15(4,5)6)7-11(9)16-13(18)19/h7-8,20H,18H2,1-6H3,(H2,17,21);7-8,20H,9,17H2,1-6H3,(H,18,19);7-8,17-18H,9H2,1-6H3,(H,19,20);7-8,16-17H,1-6H3,(H,18,19). The number of amides is 5. The van der Waals surface area contributed by atoms with Gasteiger partial charge in [0.05, 0.1) is 12.1 Å². The molecule has 0 bridgehead atoms. The minimum absolute atomic E-state index is 0.170.